The minimum absolute atomic E-state index is 0.147. The van der Waals surface area contributed by atoms with Crippen LogP contribution < -0.4 is 5.32 Å². The first-order valence-corrected chi connectivity index (χ1v) is 7.55. The van der Waals surface area contributed by atoms with Crippen LogP contribution in [0, 0.1) is 6.92 Å². The highest BCUT2D eigenvalue weighted by Gasteiger charge is 2.13. The van der Waals surface area contributed by atoms with E-state index in [2.05, 4.69) is 31.4 Å². The number of nitrogens with zero attached hydrogens (tertiary/aromatic N) is 2. The molecule has 1 aromatic heterocycles. The lowest BCUT2D eigenvalue weighted by Crippen LogP contribution is -2.16. The van der Waals surface area contributed by atoms with Crippen molar-refractivity contribution in [1.29, 1.82) is 0 Å². The molecule has 0 aliphatic rings. The number of halogens is 1. The molecular weight excluding hydrogens is 318 g/mol. The molecule has 1 aromatic carbocycles. The molecular formula is C15H16BrN3O. The van der Waals surface area contributed by atoms with Gasteiger partial charge in [0.2, 0.25) is 0 Å². The molecule has 0 bridgehead atoms. The van der Waals surface area contributed by atoms with Crippen molar-refractivity contribution in [3.05, 3.63) is 52.8 Å². The number of anilines is 1. The normalized spacial score (nSPS) is 10.3. The number of benzene rings is 1. The number of aromatic nitrogens is 2. The Morgan fingerprint density at radius 3 is 2.55 bits per heavy atom. The zero-order valence-corrected chi connectivity index (χ0v) is 13.1. The summed E-state index contributed by atoms with van der Waals surface area (Å²) in [7, 11) is 0. The average Bonchev–Trinajstić information content (AvgIpc) is 2.48. The molecule has 2 rings (SSSR count). The van der Waals surface area contributed by atoms with Gasteiger partial charge in [-0.3, -0.25) is 4.79 Å². The summed E-state index contributed by atoms with van der Waals surface area (Å²) in [5.74, 6) is -0.147. The van der Waals surface area contributed by atoms with Crippen molar-refractivity contribution in [3.8, 4) is 0 Å². The molecule has 20 heavy (non-hydrogen) atoms. The van der Waals surface area contributed by atoms with Crippen LogP contribution in [0.5, 0.6) is 0 Å². The molecule has 2 aromatic rings. The first-order valence-electron chi connectivity index (χ1n) is 6.43. The number of amides is 1. The zero-order chi connectivity index (χ0) is 14.5. The summed E-state index contributed by atoms with van der Waals surface area (Å²) in [6, 6.07) is 9.50. The fourth-order valence-electron chi connectivity index (χ4n) is 1.85. The predicted molar refractivity (Wildman–Crippen MR) is 83.2 cm³/mol. The Bertz CT molecular complexity index is 611. The van der Waals surface area contributed by atoms with E-state index >= 15 is 0 Å². The van der Waals surface area contributed by atoms with E-state index in [1.165, 1.54) is 5.56 Å². The molecule has 0 unspecified atom stereocenters. The maximum Gasteiger partial charge on any atom is 0.257 e. The van der Waals surface area contributed by atoms with E-state index < -0.39 is 0 Å². The van der Waals surface area contributed by atoms with Gasteiger partial charge in [-0.05, 0) is 37.1 Å². The van der Waals surface area contributed by atoms with E-state index in [0.717, 1.165) is 16.7 Å². The average molecular weight is 334 g/mol. The molecule has 0 fully saturated rings. The Labute approximate surface area is 126 Å². The lowest BCUT2D eigenvalue weighted by atomic mass is 10.1. The topological polar surface area (TPSA) is 54.9 Å². The van der Waals surface area contributed by atoms with Crippen LogP contribution in [0.3, 0.4) is 0 Å². The maximum atomic E-state index is 12.3. The summed E-state index contributed by atoms with van der Waals surface area (Å²) < 4.78 is 0. The lowest BCUT2D eigenvalue weighted by Gasteiger charge is -2.09. The van der Waals surface area contributed by atoms with Gasteiger partial charge in [-0.2, -0.15) is 10.2 Å². The third kappa shape index (κ3) is 3.42. The van der Waals surface area contributed by atoms with E-state index in [1.807, 2.05) is 38.1 Å². The van der Waals surface area contributed by atoms with Crippen molar-refractivity contribution in [2.24, 2.45) is 0 Å². The van der Waals surface area contributed by atoms with Gasteiger partial charge in [0.1, 0.15) is 0 Å². The summed E-state index contributed by atoms with van der Waals surface area (Å²) in [5, 5.41) is 11.7. The van der Waals surface area contributed by atoms with Gasteiger partial charge in [-0.15, -0.1) is 0 Å². The summed E-state index contributed by atoms with van der Waals surface area (Å²) in [4.78, 5) is 12.3. The monoisotopic (exact) mass is 333 g/mol. The summed E-state index contributed by atoms with van der Waals surface area (Å²) in [6.07, 6.45) is 0.679. The molecule has 0 spiro atoms. The molecule has 0 saturated carbocycles. The quantitative estimate of drug-likeness (QED) is 0.871. The molecule has 0 aliphatic heterocycles. The van der Waals surface area contributed by atoms with Gasteiger partial charge in [0.25, 0.3) is 5.91 Å². The van der Waals surface area contributed by atoms with Crippen molar-refractivity contribution in [2.75, 3.05) is 5.32 Å². The van der Waals surface area contributed by atoms with Crippen molar-refractivity contribution in [3.63, 3.8) is 0 Å². The summed E-state index contributed by atoms with van der Waals surface area (Å²) >= 11 is 3.39. The van der Waals surface area contributed by atoms with Crippen molar-refractivity contribution >= 4 is 27.5 Å². The second kappa shape index (κ2) is 6.61. The molecule has 0 atom stereocenters. The molecule has 0 saturated heterocycles. The number of rotatable bonds is 4. The second-order valence-corrected chi connectivity index (χ2v) is 5.05. The van der Waals surface area contributed by atoms with Crippen LogP contribution >= 0.6 is 15.9 Å². The van der Waals surface area contributed by atoms with Crippen LogP contribution in [-0.4, -0.2) is 16.1 Å². The first-order chi connectivity index (χ1) is 9.63. The Morgan fingerprint density at radius 2 is 1.95 bits per heavy atom. The maximum absolute atomic E-state index is 12.3. The molecule has 0 radical (unpaired) electrons. The Hall–Kier alpha value is -1.75. The molecule has 0 aliphatic carbocycles. The molecule has 1 amide bonds. The number of hydrogen-bond acceptors (Lipinski definition) is 3. The van der Waals surface area contributed by atoms with Gasteiger partial charge in [0, 0.05) is 11.0 Å². The molecule has 5 heteroatoms. The number of nitrogens with one attached hydrogen (secondary N) is 1. The molecule has 104 valence electrons. The van der Waals surface area contributed by atoms with Crippen LogP contribution in [0.25, 0.3) is 0 Å². The second-order valence-electron chi connectivity index (χ2n) is 4.48. The van der Waals surface area contributed by atoms with Crippen molar-refractivity contribution < 1.29 is 4.79 Å². The fraction of sp³-hybridized carbons (Fsp3) is 0.267. The molecule has 1 heterocycles. The van der Waals surface area contributed by atoms with Gasteiger partial charge >= 0.3 is 0 Å². The van der Waals surface area contributed by atoms with E-state index in [4.69, 9.17) is 0 Å². The highest BCUT2D eigenvalue weighted by molar-refractivity contribution is 9.08. The Morgan fingerprint density at radius 1 is 1.25 bits per heavy atom. The van der Waals surface area contributed by atoms with Gasteiger partial charge < -0.3 is 5.32 Å². The number of carbonyl (C=O) groups is 1. The largest absolute Gasteiger partial charge is 0.322 e. The number of carbonyl (C=O) groups excluding carboxylic acids is 1. The smallest absolute Gasteiger partial charge is 0.257 e. The highest BCUT2D eigenvalue weighted by atomic mass is 79.9. The van der Waals surface area contributed by atoms with E-state index in [-0.39, 0.29) is 5.91 Å². The predicted octanol–water partition coefficient (Wildman–Crippen LogP) is 3.49. The SMILES string of the molecule is CCc1nnc(C)cc1C(=O)Nc1ccc(CBr)cc1. The molecule has 4 nitrogen and oxygen atoms in total. The van der Waals surface area contributed by atoms with Crippen LogP contribution in [0.1, 0.15) is 34.2 Å². The van der Waals surface area contributed by atoms with E-state index in [1.54, 1.807) is 6.07 Å². The standard InChI is InChI=1S/C15H16BrN3O/c1-3-14-13(8-10(2)18-19-14)15(20)17-12-6-4-11(9-16)5-7-12/h4-8H,3,9H2,1-2H3,(H,17,20). The van der Waals surface area contributed by atoms with Gasteiger partial charge in [-0.1, -0.05) is 35.0 Å². The van der Waals surface area contributed by atoms with Gasteiger partial charge in [0.15, 0.2) is 0 Å². The van der Waals surface area contributed by atoms with Crippen LogP contribution in [0.4, 0.5) is 5.69 Å². The van der Waals surface area contributed by atoms with E-state index in [0.29, 0.717) is 17.7 Å². The molecule has 1 N–H and O–H groups in total. The third-order valence-electron chi connectivity index (χ3n) is 2.94. The minimum atomic E-state index is -0.147. The lowest BCUT2D eigenvalue weighted by molar-refractivity contribution is 0.102. The highest BCUT2D eigenvalue weighted by Crippen LogP contribution is 2.15. The number of alkyl halides is 1. The van der Waals surface area contributed by atoms with Crippen LogP contribution in [-0.2, 0) is 11.8 Å². The first kappa shape index (κ1) is 14.7. The number of aryl methyl sites for hydroxylation is 2. The minimum Gasteiger partial charge on any atom is -0.322 e. The van der Waals surface area contributed by atoms with Gasteiger partial charge in [-0.25, -0.2) is 0 Å². The summed E-state index contributed by atoms with van der Waals surface area (Å²) in [6.45, 7) is 3.79. The third-order valence-corrected chi connectivity index (χ3v) is 3.59. The Kier molecular flexibility index (Phi) is 4.84. The van der Waals surface area contributed by atoms with Crippen LogP contribution in [0.15, 0.2) is 30.3 Å². The number of hydrogen-bond donors (Lipinski definition) is 1. The van der Waals surface area contributed by atoms with Crippen molar-refractivity contribution in [2.45, 2.75) is 25.6 Å². The Balaban J connectivity index is 2.20. The van der Waals surface area contributed by atoms with E-state index in [9.17, 15) is 4.79 Å². The fourth-order valence-corrected chi connectivity index (χ4v) is 2.22. The zero-order valence-electron chi connectivity index (χ0n) is 11.5. The van der Waals surface area contributed by atoms with Crippen molar-refractivity contribution in [1.82, 2.24) is 10.2 Å². The van der Waals surface area contributed by atoms with Gasteiger partial charge in [0.05, 0.1) is 17.0 Å². The van der Waals surface area contributed by atoms with Crippen LogP contribution in [0.2, 0.25) is 0 Å². The summed E-state index contributed by atoms with van der Waals surface area (Å²) in [5.41, 5.74) is 3.98.